The van der Waals surface area contributed by atoms with Crippen molar-refractivity contribution in [1.82, 2.24) is 5.32 Å². The summed E-state index contributed by atoms with van der Waals surface area (Å²) in [5, 5.41) is 2.08. The van der Waals surface area contributed by atoms with E-state index in [0.29, 0.717) is 19.4 Å². The predicted octanol–water partition coefficient (Wildman–Crippen LogP) is 1.82. The Labute approximate surface area is 120 Å². The third-order valence-corrected chi connectivity index (χ3v) is 3.28. The highest BCUT2D eigenvalue weighted by Gasteiger charge is 2.36. The molecule has 0 fully saturated rings. The number of hydrogen-bond donors (Lipinski definition) is 2. The monoisotopic (exact) mass is 286 g/mol. The van der Waals surface area contributed by atoms with Gasteiger partial charge in [0.15, 0.2) is 0 Å². The van der Waals surface area contributed by atoms with Gasteiger partial charge in [0.1, 0.15) is 0 Å². The summed E-state index contributed by atoms with van der Waals surface area (Å²) in [4.78, 5) is 34.6. The lowest BCUT2D eigenvalue weighted by atomic mass is 9.78. The van der Waals surface area contributed by atoms with Crippen LogP contribution in [0.2, 0.25) is 0 Å². The molecule has 0 rings (SSSR count). The molecule has 116 valence electrons. The number of urea groups is 1. The van der Waals surface area contributed by atoms with E-state index < -0.39 is 23.3 Å². The molecule has 0 aliphatic heterocycles. The first kappa shape index (κ1) is 18.4. The molecule has 20 heavy (non-hydrogen) atoms. The van der Waals surface area contributed by atoms with Crippen molar-refractivity contribution in [2.75, 3.05) is 6.61 Å². The Kier molecular flexibility index (Phi) is 7.24. The molecule has 0 spiro atoms. The molecule has 0 saturated heterocycles. The molecule has 3 N–H and O–H groups in total. The van der Waals surface area contributed by atoms with Crippen LogP contribution >= 0.6 is 0 Å². The fourth-order valence-electron chi connectivity index (χ4n) is 1.81. The van der Waals surface area contributed by atoms with Gasteiger partial charge < -0.3 is 10.5 Å². The highest BCUT2D eigenvalue weighted by Crippen LogP contribution is 2.30. The summed E-state index contributed by atoms with van der Waals surface area (Å²) in [6.45, 7) is 9.51. The molecule has 0 aromatic carbocycles. The first-order chi connectivity index (χ1) is 9.12. The first-order valence-electron chi connectivity index (χ1n) is 6.90. The maximum atomic E-state index is 12.0. The Hall–Kier alpha value is -1.59. The van der Waals surface area contributed by atoms with E-state index in [1.807, 2.05) is 20.8 Å². The zero-order chi connectivity index (χ0) is 15.9. The van der Waals surface area contributed by atoms with Crippen LogP contribution in [0.1, 0.15) is 47.5 Å². The molecule has 0 unspecified atom stereocenters. The van der Waals surface area contributed by atoms with Gasteiger partial charge in [-0.1, -0.05) is 34.6 Å². The average molecular weight is 286 g/mol. The number of esters is 1. The van der Waals surface area contributed by atoms with Gasteiger partial charge in [-0.15, -0.1) is 0 Å². The SMILES string of the molecule is CC[C@](C)(C[C@H](C)C(=O)OCC(C)C)C(=O)NC(N)=O. The molecule has 0 bridgehead atoms. The Balaban J connectivity index is 4.64. The Bertz CT molecular complexity index is 368. The van der Waals surface area contributed by atoms with Gasteiger partial charge in [0.25, 0.3) is 0 Å². The lowest BCUT2D eigenvalue weighted by Gasteiger charge is -2.28. The van der Waals surface area contributed by atoms with Crippen LogP contribution in [-0.4, -0.2) is 24.5 Å². The second kappa shape index (κ2) is 7.87. The quantitative estimate of drug-likeness (QED) is 0.697. The molecule has 2 atom stereocenters. The maximum absolute atomic E-state index is 12.0. The highest BCUT2D eigenvalue weighted by molar-refractivity contribution is 5.96. The van der Waals surface area contributed by atoms with E-state index in [9.17, 15) is 14.4 Å². The Morgan fingerprint density at radius 3 is 2.20 bits per heavy atom. The number of imide groups is 1. The standard InChI is InChI=1S/C14H26N2O4/c1-6-14(5,12(18)16-13(15)19)7-10(4)11(17)20-8-9(2)3/h9-10H,6-8H2,1-5H3,(H3,15,16,18,19)/t10-,14+/m0/s1. The van der Waals surface area contributed by atoms with Crippen molar-refractivity contribution in [2.45, 2.75) is 47.5 Å². The lowest BCUT2D eigenvalue weighted by molar-refractivity contribution is -0.150. The topological polar surface area (TPSA) is 98.5 Å². The number of rotatable bonds is 7. The van der Waals surface area contributed by atoms with Gasteiger partial charge in [-0.3, -0.25) is 14.9 Å². The van der Waals surface area contributed by atoms with E-state index in [0.717, 1.165) is 0 Å². The number of amides is 3. The zero-order valence-corrected chi connectivity index (χ0v) is 13.0. The number of hydrogen-bond acceptors (Lipinski definition) is 4. The minimum atomic E-state index is -0.885. The van der Waals surface area contributed by atoms with Crippen LogP contribution in [0.25, 0.3) is 0 Å². The molecule has 0 heterocycles. The van der Waals surface area contributed by atoms with E-state index in [1.165, 1.54) is 0 Å². The summed E-state index contributed by atoms with van der Waals surface area (Å²) < 4.78 is 5.15. The highest BCUT2D eigenvalue weighted by atomic mass is 16.5. The molecule has 0 saturated carbocycles. The van der Waals surface area contributed by atoms with Crippen LogP contribution in [0.3, 0.4) is 0 Å². The maximum Gasteiger partial charge on any atom is 0.318 e. The minimum absolute atomic E-state index is 0.266. The molecule has 0 aromatic heterocycles. The van der Waals surface area contributed by atoms with Crippen molar-refractivity contribution in [2.24, 2.45) is 23.0 Å². The van der Waals surface area contributed by atoms with Crippen molar-refractivity contribution in [3.8, 4) is 0 Å². The third-order valence-electron chi connectivity index (χ3n) is 3.28. The predicted molar refractivity (Wildman–Crippen MR) is 75.7 cm³/mol. The fraction of sp³-hybridized carbons (Fsp3) is 0.786. The smallest absolute Gasteiger partial charge is 0.318 e. The van der Waals surface area contributed by atoms with Crippen LogP contribution < -0.4 is 11.1 Å². The van der Waals surface area contributed by atoms with E-state index in [-0.39, 0.29) is 11.9 Å². The lowest BCUT2D eigenvalue weighted by Crippen LogP contribution is -2.45. The number of nitrogens with two attached hydrogens (primary N) is 1. The van der Waals surface area contributed by atoms with E-state index in [1.54, 1.807) is 13.8 Å². The second-order valence-corrected chi connectivity index (χ2v) is 5.86. The minimum Gasteiger partial charge on any atom is -0.465 e. The molecule has 0 aliphatic rings. The van der Waals surface area contributed by atoms with Crippen molar-refractivity contribution in [3.63, 3.8) is 0 Å². The van der Waals surface area contributed by atoms with Gasteiger partial charge in [-0.25, -0.2) is 4.79 Å². The normalized spacial score (nSPS) is 15.3. The van der Waals surface area contributed by atoms with Crippen LogP contribution in [0.4, 0.5) is 4.79 Å². The summed E-state index contributed by atoms with van der Waals surface area (Å²) in [6, 6.07) is -0.885. The van der Waals surface area contributed by atoms with Crippen LogP contribution in [0.15, 0.2) is 0 Å². The van der Waals surface area contributed by atoms with E-state index in [2.05, 4.69) is 5.32 Å². The summed E-state index contributed by atoms with van der Waals surface area (Å²) in [7, 11) is 0. The molecular formula is C14H26N2O4. The summed E-state index contributed by atoms with van der Waals surface area (Å²) in [5.74, 6) is -0.944. The molecule has 0 aliphatic carbocycles. The van der Waals surface area contributed by atoms with Crippen molar-refractivity contribution < 1.29 is 19.1 Å². The first-order valence-corrected chi connectivity index (χ1v) is 6.90. The van der Waals surface area contributed by atoms with Gasteiger partial charge >= 0.3 is 12.0 Å². The summed E-state index contributed by atoms with van der Waals surface area (Å²) >= 11 is 0. The largest absolute Gasteiger partial charge is 0.465 e. The molecule has 0 radical (unpaired) electrons. The van der Waals surface area contributed by atoms with Gasteiger partial charge in [-0.05, 0) is 18.8 Å². The number of primary amides is 1. The Morgan fingerprint density at radius 2 is 1.80 bits per heavy atom. The number of ether oxygens (including phenoxy) is 1. The zero-order valence-electron chi connectivity index (χ0n) is 13.0. The van der Waals surface area contributed by atoms with Crippen LogP contribution in [-0.2, 0) is 14.3 Å². The molecule has 0 aromatic rings. The van der Waals surface area contributed by atoms with Crippen molar-refractivity contribution in [1.29, 1.82) is 0 Å². The van der Waals surface area contributed by atoms with Gasteiger partial charge in [0.05, 0.1) is 12.5 Å². The summed E-state index contributed by atoms with van der Waals surface area (Å²) in [5.41, 5.74) is 4.13. The number of nitrogens with one attached hydrogen (secondary N) is 1. The number of carbonyl (C=O) groups excluding carboxylic acids is 3. The fourth-order valence-corrected chi connectivity index (χ4v) is 1.81. The molecule has 6 nitrogen and oxygen atoms in total. The molecule has 6 heteroatoms. The van der Waals surface area contributed by atoms with Gasteiger partial charge in [0.2, 0.25) is 5.91 Å². The number of carbonyl (C=O) groups is 3. The van der Waals surface area contributed by atoms with Gasteiger partial charge in [0, 0.05) is 5.41 Å². The van der Waals surface area contributed by atoms with Crippen molar-refractivity contribution in [3.05, 3.63) is 0 Å². The van der Waals surface area contributed by atoms with Gasteiger partial charge in [-0.2, -0.15) is 0 Å². The summed E-state index contributed by atoms with van der Waals surface area (Å²) in [6.07, 6.45) is 0.799. The van der Waals surface area contributed by atoms with Crippen molar-refractivity contribution >= 4 is 17.9 Å². The van der Waals surface area contributed by atoms with E-state index >= 15 is 0 Å². The average Bonchev–Trinajstić information content (AvgIpc) is 2.34. The van der Waals surface area contributed by atoms with Crippen LogP contribution in [0, 0.1) is 17.3 Å². The van der Waals surface area contributed by atoms with E-state index in [4.69, 9.17) is 10.5 Å². The van der Waals surface area contributed by atoms with Crippen LogP contribution in [0.5, 0.6) is 0 Å². The second-order valence-electron chi connectivity index (χ2n) is 5.86. The Morgan fingerprint density at radius 1 is 1.25 bits per heavy atom. The molecular weight excluding hydrogens is 260 g/mol. The molecule has 3 amide bonds. The third kappa shape index (κ3) is 6.04.